The Balaban J connectivity index is 1.18. The van der Waals surface area contributed by atoms with Crippen LogP contribution in [0.4, 0.5) is 17.1 Å². The number of rotatable bonds is 3. The van der Waals surface area contributed by atoms with E-state index in [9.17, 15) is 0 Å². The highest BCUT2D eigenvalue weighted by Gasteiger charge is 2.51. The second-order valence-electron chi connectivity index (χ2n) is 16.3. The molecule has 0 bridgehead atoms. The minimum absolute atomic E-state index is 0.0619. The zero-order valence-electron chi connectivity index (χ0n) is 31.1. The molecule has 0 heterocycles. The summed E-state index contributed by atoms with van der Waals surface area (Å²) in [5, 5.41) is 5.26. The van der Waals surface area contributed by atoms with Gasteiger partial charge in [-0.2, -0.15) is 0 Å². The Bertz CT molecular complexity index is 3020. The summed E-state index contributed by atoms with van der Waals surface area (Å²) in [6.45, 7) is 4.74. The van der Waals surface area contributed by atoms with Gasteiger partial charge in [0.2, 0.25) is 0 Å². The molecule has 0 N–H and O–H groups in total. The van der Waals surface area contributed by atoms with Gasteiger partial charge in [0.1, 0.15) is 0 Å². The smallest absolute Gasteiger partial charge is 0.0726 e. The van der Waals surface area contributed by atoms with Crippen LogP contribution < -0.4 is 15.3 Å². The second kappa shape index (κ2) is 11.1. The summed E-state index contributed by atoms with van der Waals surface area (Å²) in [5.74, 6) is 0. The lowest BCUT2D eigenvalue weighted by Crippen LogP contribution is -2.29. The molecule has 55 heavy (non-hydrogen) atoms. The maximum atomic E-state index is 2.56. The highest BCUT2D eigenvalue weighted by atomic mass is 15.1. The van der Waals surface area contributed by atoms with Crippen LogP contribution >= 0.6 is 0 Å². The highest BCUT2D eigenvalue weighted by Crippen LogP contribution is 2.63. The fourth-order valence-corrected chi connectivity index (χ4v) is 10.9. The van der Waals surface area contributed by atoms with Gasteiger partial charge in [-0.3, -0.25) is 0 Å². The van der Waals surface area contributed by atoms with Crippen molar-refractivity contribution in [3.8, 4) is 33.4 Å². The topological polar surface area (TPSA) is 3.24 Å². The van der Waals surface area contributed by atoms with Crippen molar-refractivity contribution in [2.75, 3.05) is 4.90 Å². The maximum absolute atomic E-state index is 2.56. The van der Waals surface area contributed by atoms with Crippen LogP contribution in [-0.2, 0) is 10.8 Å². The summed E-state index contributed by atoms with van der Waals surface area (Å²) in [7, 11) is 0. The van der Waals surface area contributed by atoms with Crippen molar-refractivity contribution in [2.45, 2.75) is 37.5 Å². The molecule has 4 aliphatic carbocycles. The molecule has 0 saturated carbocycles. The van der Waals surface area contributed by atoms with E-state index in [1.165, 1.54) is 105 Å². The van der Waals surface area contributed by atoms with Crippen LogP contribution in [0, 0.1) is 0 Å². The van der Waals surface area contributed by atoms with Gasteiger partial charge in [0.15, 0.2) is 0 Å². The van der Waals surface area contributed by atoms with E-state index < -0.39 is 5.41 Å². The normalized spacial score (nSPS) is 15.5. The lowest BCUT2D eigenvalue weighted by atomic mass is 9.70. The number of hydrogen-bond donors (Lipinski definition) is 0. The molecule has 12 rings (SSSR count). The van der Waals surface area contributed by atoms with Crippen LogP contribution in [0.2, 0.25) is 0 Å². The lowest BCUT2D eigenvalue weighted by molar-refractivity contribution is 0.660. The molecule has 0 aliphatic heterocycles. The Hall–Kier alpha value is -6.44. The predicted octanol–water partition coefficient (Wildman–Crippen LogP) is 12.3. The molecule has 0 saturated heterocycles. The number of nitrogens with zero attached hydrogens (tertiary/aromatic N) is 1. The second-order valence-corrected chi connectivity index (χ2v) is 16.3. The van der Waals surface area contributed by atoms with E-state index in [0.29, 0.717) is 0 Å². The van der Waals surface area contributed by atoms with Crippen LogP contribution in [0.3, 0.4) is 0 Å². The average Bonchev–Trinajstić information content (AvgIpc) is 3.79. The molecule has 0 amide bonds. The molecular formula is C54H39N. The van der Waals surface area contributed by atoms with E-state index in [2.05, 4.69) is 195 Å². The van der Waals surface area contributed by atoms with Gasteiger partial charge in [-0.1, -0.05) is 159 Å². The minimum atomic E-state index is -0.414. The molecule has 1 heteroatoms. The van der Waals surface area contributed by atoms with Gasteiger partial charge in [-0.15, -0.1) is 0 Å². The quantitative estimate of drug-likeness (QED) is 0.177. The van der Waals surface area contributed by atoms with E-state index >= 15 is 0 Å². The molecule has 4 aliphatic rings. The van der Waals surface area contributed by atoms with Crippen LogP contribution in [0.15, 0.2) is 164 Å². The fourth-order valence-electron chi connectivity index (χ4n) is 10.9. The number of benzene rings is 8. The number of fused-ring (bicyclic) bond motifs is 16. The van der Waals surface area contributed by atoms with Crippen molar-refractivity contribution in [3.05, 3.63) is 208 Å². The van der Waals surface area contributed by atoms with Crippen molar-refractivity contribution in [1.82, 2.24) is 0 Å². The zero-order chi connectivity index (χ0) is 36.5. The van der Waals surface area contributed by atoms with Crippen molar-refractivity contribution in [2.24, 2.45) is 0 Å². The highest BCUT2D eigenvalue weighted by molar-refractivity contribution is 6.02. The third kappa shape index (κ3) is 3.98. The Kier molecular flexibility index (Phi) is 6.23. The molecule has 0 unspecified atom stereocenters. The standard InChI is InChI=1S/C54H39N/c1-53(2)46-23-11-7-21-42(46)45-32-35(28-30-47(45)53)55(52-31-34-15-3-4-16-37(34)38-17-5-6-22-44(38)52)36-27-29-43-41-20-10-14-26-50(41)54(51(43)33-36)48-24-12-8-18-39(48)40-19-9-13-25-49(40)54/h5-33H,3-4H2,1-2H3. The number of hydrogen-bond acceptors (Lipinski definition) is 1. The van der Waals surface area contributed by atoms with E-state index in [4.69, 9.17) is 0 Å². The summed E-state index contributed by atoms with van der Waals surface area (Å²) in [4.78, 5) is 2.56. The third-order valence-electron chi connectivity index (χ3n) is 13.3. The average molecular weight is 702 g/mol. The van der Waals surface area contributed by atoms with Gasteiger partial charge in [0, 0.05) is 22.2 Å². The minimum Gasteiger partial charge on any atom is -0.310 e. The zero-order valence-corrected chi connectivity index (χ0v) is 31.1. The van der Waals surface area contributed by atoms with Crippen molar-refractivity contribution >= 4 is 40.0 Å². The van der Waals surface area contributed by atoms with Gasteiger partial charge in [0.05, 0.1) is 11.1 Å². The monoisotopic (exact) mass is 701 g/mol. The Morgan fingerprint density at radius 1 is 0.400 bits per heavy atom. The number of anilines is 3. The molecule has 1 nitrogen and oxygen atoms in total. The van der Waals surface area contributed by atoms with E-state index in [1.807, 2.05) is 0 Å². The van der Waals surface area contributed by atoms with Crippen LogP contribution in [-0.4, -0.2) is 0 Å². The first-order valence-corrected chi connectivity index (χ1v) is 19.8. The first-order valence-electron chi connectivity index (χ1n) is 19.8. The van der Waals surface area contributed by atoms with Gasteiger partial charge in [-0.25, -0.2) is 0 Å². The van der Waals surface area contributed by atoms with E-state index in [1.54, 1.807) is 0 Å². The molecule has 8 aromatic rings. The summed E-state index contributed by atoms with van der Waals surface area (Å²) in [6, 6.07) is 62.3. The summed E-state index contributed by atoms with van der Waals surface area (Å²) in [6.07, 6.45) is 7.02. The Morgan fingerprint density at radius 3 is 1.56 bits per heavy atom. The van der Waals surface area contributed by atoms with Crippen molar-refractivity contribution in [3.63, 3.8) is 0 Å². The molecule has 0 radical (unpaired) electrons. The van der Waals surface area contributed by atoms with Gasteiger partial charge < -0.3 is 4.90 Å². The largest absolute Gasteiger partial charge is 0.310 e. The fraction of sp³-hybridized carbons (Fsp3) is 0.111. The lowest BCUT2D eigenvalue weighted by Gasteiger charge is -2.33. The third-order valence-corrected chi connectivity index (χ3v) is 13.3. The van der Waals surface area contributed by atoms with Crippen molar-refractivity contribution < 1.29 is 0 Å². The van der Waals surface area contributed by atoms with Crippen LogP contribution in [0.25, 0.3) is 56.3 Å². The molecule has 0 fully saturated rings. The van der Waals surface area contributed by atoms with Gasteiger partial charge >= 0.3 is 0 Å². The summed E-state index contributed by atoms with van der Waals surface area (Å²) < 4.78 is 0. The first kappa shape index (κ1) is 31.0. The maximum Gasteiger partial charge on any atom is 0.0726 e. The molecule has 0 aromatic heterocycles. The predicted molar refractivity (Wildman–Crippen MR) is 230 cm³/mol. The SMILES string of the molecule is CC1(C)c2ccccc2-c2cc(N(c3ccc4c(c3)C3(c5ccccc5-c5ccccc53)c3ccccc3-4)c3cc4c(c5ccccc35)=CCCC=4)ccc21. The molecular weight excluding hydrogens is 663 g/mol. The van der Waals surface area contributed by atoms with Crippen LogP contribution in [0.5, 0.6) is 0 Å². The first-order chi connectivity index (χ1) is 27.0. The summed E-state index contributed by atoms with van der Waals surface area (Å²) >= 11 is 0. The summed E-state index contributed by atoms with van der Waals surface area (Å²) in [5.41, 5.74) is 19.3. The Labute approximate surface area is 322 Å². The molecule has 260 valence electrons. The Morgan fingerprint density at radius 2 is 0.891 bits per heavy atom. The van der Waals surface area contributed by atoms with Gasteiger partial charge in [-0.05, 0) is 126 Å². The molecule has 0 atom stereocenters. The van der Waals surface area contributed by atoms with Crippen LogP contribution in [0.1, 0.15) is 60.1 Å². The van der Waals surface area contributed by atoms with Gasteiger partial charge in [0.25, 0.3) is 0 Å². The van der Waals surface area contributed by atoms with Crippen molar-refractivity contribution in [1.29, 1.82) is 0 Å². The molecule has 8 aromatic carbocycles. The molecule has 1 spiro atoms. The van der Waals surface area contributed by atoms with E-state index in [0.717, 1.165) is 12.8 Å². The van der Waals surface area contributed by atoms with E-state index in [-0.39, 0.29) is 5.41 Å².